The zero-order chi connectivity index (χ0) is 23.5. The first kappa shape index (κ1) is 22.0. The van der Waals surface area contributed by atoms with Gasteiger partial charge in [-0.1, -0.05) is 78.9 Å². The lowest BCUT2D eigenvalue weighted by Gasteiger charge is -2.13. The second kappa shape index (κ2) is 9.19. The maximum absolute atomic E-state index is 12.4. The molecule has 3 aromatic carbocycles. The lowest BCUT2D eigenvalue weighted by Crippen LogP contribution is -2.16. The number of carbonyl (C=O) groups excluding carboxylic acids is 2. The first-order valence-electron chi connectivity index (χ1n) is 11.1. The number of carbonyl (C=O) groups is 2. The van der Waals surface area contributed by atoms with Crippen LogP contribution in [0.25, 0.3) is 22.4 Å². The molecule has 6 nitrogen and oxygen atoms in total. The molecule has 4 aromatic rings. The van der Waals surface area contributed by atoms with E-state index in [9.17, 15) is 9.59 Å². The normalized spacial score (nSPS) is 14.7. The number of aldehydes is 1. The van der Waals surface area contributed by atoms with Crippen molar-refractivity contribution in [3.05, 3.63) is 90.0 Å². The van der Waals surface area contributed by atoms with Crippen LogP contribution in [0.4, 0.5) is 10.6 Å². The van der Waals surface area contributed by atoms with E-state index in [0.29, 0.717) is 11.5 Å². The van der Waals surface area contributed by atoms with Crippen LogP contribution in [-0.2, 0) is 14.9 Å². The summed E-state index contributed by atoms with van der Waals surface area (Å²) in [5, 5.41) is 2.71. The largest absolute Gasteiger partial charge is 0.441 e. The van der Waals surface area contributed by atoms with Crippen molar-refractivity contribution >= 4 is 29.9 Å². The Balaban J connectivity index is 1.27. The van der Waals surface area contributed by atoms with Gasteiger partial charge in [0.2, 0.25) is 0 Å². The van der Waals surface area contributed by atoms with E-state index in [-0.39, 0.29) is 11.5 Å². The molecule has 0 spiro atoms. The summed E-state index contributed by atoms with van der Waals surface area (Å²) in [6.45, 7) is 1.82. The molecule has 1 aliphatic rings. The van der Waals surface area contributed by atoms with Gasteiger partial charge in [0.25, 0.3) is 0 Å². The molecule has 1 N–H and O–H groups in total. The third kappa shape index (κ3) is 4.47. The molecule has 0 saturated heterocycles. The Morgan fingerprint density at radius 3 is 2.18 bits per heavy atom. The quantitative estimate of drug-likeness (QED) is 0.316. The van der Waals surface area contributed by atoms with Crippen LogP contribution in [0.1, 0.15) is 37.0 Å². The fourth-order valence-electron chi connectivity index (χ4n) is 3.96. The van der Waals surface area contributed by atoms with Gasteiger partial charge in [-0.15, -0.1) is 0 Å². The van der Waals surface area contributed by atoms with Crippen molar-refractivity contribution in [2.24, 2.45) is 0 Å². The molecule has 0 radical (unpaired) electrons. The maximum Gasteiger partial charge on any atom is 0.413 e. The number of hydrogen-bond donors (Lipinski definition) is 1. The molecule has 1 fully saturated rings. The van der Waals surface area contributed by atoms with Crippen LogP contribution < -0.4 is 5.32 Å². The van der Waals surface area contributed by atoms with E-state index in [0.717, 1.165) is 58.7 Å². The highest BCUT2D eigenvalue weighted by Gasteiger charge is 2.44. The van der Waals surface area contributed by atoms with Crippen LogP contribution >= 0.6 is 11.7 Å². The minimum atomic E-state index is -0.578. The Hall–Kier alpha value is -3.84. The summed E-state index contributed by atoms with van der Waals surface area (Å²) in [6, 6.07) is 25.7. The summed E-state index contributed by atoms with van der Waals surface area (Å²) in [7, 11) is 0. The average molecular weight is 470 g/mol. The van der Waals surface area contributed by atoms with E-state index in [2.05, 4.69) is 26.2 Å². The molecule has 1 heterocycles. The second-order valence-electron chi connectivity index (χ2n) is 8.47. The summed E-state index contributed by atoms with van der Waals surface area (Å²) in [6.07, 6.45) is 1.97. The van der Waals surface area contributed by atoms with E-state index < -0.39 is 6.09 Å². The molecule has 170 valence electrons. The lowest BCUT2D eigenvalue weighted by molar-refractivity contribution is -0.109. The monoisotopic (exact) mass is 469 g/mol. The third-order valence-electron chi connectivity index (χ3n) is 6.23. The molecule has 1 aromatic heterocycles. The molecule has 1 amide bonds. The molecule has 0 aliphatic heterocycles. The number of nitrogens with one attached hydrogen (secondary N) is 1. The van der Waals surface area contributed by atoms with Gasteiger partial charge in [0.1, 0.15) is 18.1 Å². The van der Waals surface area contributed by atoms with Gasteiger partial charge in [-0.3, -0.25) is 5.32 Å². The van der Waals surface area contributed by atoms with Gasteiger partial charge in [-0.25, -0.2) is 4.79 Å². The standard InChI is InChI=1S/C27H23N3O3S/c1-18(19-5-3-2-4-6-19)33-26(32)28-25-24(29-34-30-25)22-9-7-20(8-10-22)21-11-13-23(14-12-21)27(17-31)15-16-27/h2-14,17-18H,15-16H2,1H3,(H,28,30,32)/t18-/m1/s1. The van der Waals surface area contributed by atoms with Crippen LogP contribution in [0.2, 0.25) is 0 Å². The molecule has 1 saturated carbocycles. The van der Waals surface area contributed by atoms with Crippen LogP contribution in [0.3, 0.4) is 0 Å². The van der Waals surface area contributed by atoms with Crippen LogP contribution in [0.15, 0.2) is 78.9 Å². The summed E-state index contributed by atoms with van der Waals surface area (Å²) in [5.74, 6) is 0.371. The lowest BCUT2D eigenvalue weighted by atomic mass is 9.94. The smallest absolute Gasteiger partial charge is 0.413 e. The molecular formula is C27H23N3O3S. The van der Waals surface area contributed by atoms with Gasteiger partial charge < -0.3 is 9.53 Å². The Morgan fingerprint density at radius 1 is 0.941 bits per heavy atom. The highest BCUT2D eigenvalue weighted by molar-refractivity contribution is 6.99. The van der Waals surface area contributed by atoms with Crippen molar-refractivity contribution in [1.29, 1.82) is 0 Å². The molecular weight excluding hydrogens is 446 g/mol. The Kier molecular flexibility index (Phi) is 5.94. The number of ether oxygens (including phenoxy) is 1. The fraction of sp³-hybridized carbons (Fsp3) is 0.185. The highest BCUT2D eigenvalue weighted by atomic mass is 32.1. The van der Waals surface area contributed by atoms with Crippen molar-refractivity contribution in [1.82, 2.24) is 8.75 Å². The Morgan fingerprint density at radius 2 is 1.56 bits per heavy atom. The van der Waals surface area contributed by atoms with Crippen LogP contribution in [0.5, 0.6) is 0 Å². The predicted octanol–water partition coefficient (Wildman–Crippen LogP) is 6.41. The third-order valence-corrected chi connectivity index (χ3v) is 6.76. The number of rotatable bonds is 7. The Bertz CT molecular complexity index is 1300. The minimum Gasteiger partial charge on any atom is -0.441 e. The zero-order valence-electron chi connectivity index (χ0n) is 18.6. The zero-order valence-corrected chi connectivity index (χ0v) is 19.4. The van der Waals surface area contributed by atoms with Crippen LogP contribution in [0, 0.1) is 0 Å². The highest BCUT2D eigenvalue weighted by Crippen LogP contribution is 2.46. The maximum atomic E-state index is 12.4. The summed E-state index contributed by atoms with van der Waals surface area (Å²) >= 11 is 1.03. The molecule has 34 heavy (non-hydrogen) atoms. The van der Waals surface area contributed by atoms with Crippen molar-refractivity contribution < 1.29 is 14.3 Å². The van der Waals surface area contributed by atoms with E-state index in [4.69, 9.17) is 4.74 Å². The molecule has 5 rings (SSSR count). The number of amides is 1. The van der Waals surface area contributed by atoms with Crippen molar-refractivity contribution in [2.45, 2.75) is 31.3 Å². The van der Waals surface area contributed by atoms with Crippen molar-refractivity contribution in [2.75, 3.05) is 5.32 Å². The Labute approximate surface area is 201 Å². The molecule has 0 bridgehead atoms. The van der Waals surface area contributed by atoms with E-state index in [1.807, 2.05) is 73.7 Å². The van der Waals surface area contributed by atoms with E-state index in [1.54, 1.807) is 0 Å². The summed E-state index contributed by atoms with van der Waals surface area (Å²) in [5.41, 5.74) is 5.31. The number of benzene rings is 3. The number of anilines is 1. The SMILES string of the molecule is C[C@@H](OC(=O)Nc1nsnc1-c1ccc(-c2ccc(C3(C=O)CC3)cc2)cc1)c1ccccc1. The number of nitrogens with zero attached hydrogens (tertiary/aromatic N) is 2. The van der Waals surface area contributed by atoms with Gasteiger partial charge in [0.15, 0.2) is 5.82 Å². The van der Waals surface area contributed by atoms with Crippen molar-refractivity contribution in [3.63, 3.8) is 0 Å². The number of hydrogen-bond acceptors (Lipinski definition) is 6. The minimum absolute atomic E-state index is 0.260. The van der Waals surface area contributed by atoms with Gasteiger partial charge in [0.05, 0.1) is 17.1 Å². The first-order chi connectivity index (χ1) is 16.6. The molecule has 7 heteroatoms. The molecule has 1 atom stereocenters. The summed E-state index contributed by atoms with van der Waals surface area (Å²) in [4.78, 5) is 23.8. The average Bonchev–Trinajstić information content (AvgIpc) is 3.56. The molecule has 0 unspecified atom stereocenters. The van der Waals surface area contributed by atoms with Gasteiger partial charge in [0, 0.05) is 5.56 Å². The molecule has 1 aliphatic carbocycles. The topological polar surface area (TPSA) is 81.2 Å². The van der Waals surface area contributed by atoms with E-state index in [1.165, 1.54) is 0 Å². The second-order valence-corrected chi connectivity index (χ2v) is 9.00. The summed E-state index contributed by atoms with van der Waals surface area (Å²) < 4.78 is 14.1. The van der Waals surface area contributed by atoms with Crippen molar-refractivity contribution in [3.8, 4) is 22.4 Å². The number of aromatic nitrogens is 2. The van der Waals surface area contributed by atoms with Gasteiger partial charge in [-0.05, 0) is 42.0 Å². The van der Waals surface area contributed by atoms with Gasteiger partial charge >= 0.3 is 6.09 Å². The van der Waals surface area contributed by atoms with Crippen LogP contribution in [-0.4, -0.2) is 21.1 Å². The van der Waals surface area contributed by atoms with Gasteiger partial charge in [-0.2, -0.15) is 8.75 Å². The first-order valence-corrected chi connectivity index (χ1v) is 11.8. The van der Waals surface area contributed by atoms with E-state index >= 15 is 0 Å². The predicted molar refractivity (Wildman–Crippen MR) is 133 cm³/mol. The fourth-order valence-corrected chi connectivity index (χ4v) is 4.49.